The molecule has 0 atom stereocenters. The van der Waals surface area contributed by atoms with Gasteiger partial charge < -0.3 is 14.5 Å². The lowest BCUT2D eigenvalue weighted by atomic mass is 10.1. The minimum Gasteiger partial charge on any atom is -0.467 e. The maximum Gasteiger partial charge on any atom is 0.321 e. The molecular weight excluding hydrogens is 390 g/mol. The van der Waals surface area contributed by atoms with Crippen LogP contribution in [0.5, 0.6) is 0 Å². The van der Waals surface area contributed by atoms with Crippen LogP contribution in [0.3, 0.4) is 0 Å². The van der Waals surface area contributed by atoms with Gasteiger partial charge in [0, 0.05) is 23.9 Å². The summed E-state index contributed by atoms with van der Waals surface area (Å²) in [5.41, 5.74) is 4.25. The van der Waals surface area contributed by atoms with Gasteiger partial charge in [-0.1, -0.05) is 0 Å². The minimum atomic E-state index is -0.720. The molecule has 10 heteroatoms. The predicted molar refractivity (Wildman–Crippen MR) is 106 cm³/mol. The first kappa shape index (κ1) is 21.0. The molecule has 10 nitrogen and oxygen atoms in total. The maximum absolute atomic E-state index is 12.0. The van der Waals surface area contributed by atoms with Crippen molar-refractivity contribution in [1.82, 2.24) is 25.2 Å². The van der Waals surface area contributed by atoms with Crippen LogP contribution in [0.25, 0.3) is 5.65 Å². The highest BCUT2D eigenvalue weighted by molar-refractivity contribution is 5.95. The Morgan fingerprint density at radius 2 is 2.03 bits per heavy atom. The van der Waals surface area contributed by atoms with Crippen LogP contribution >= 0.6 is 0 Å². The van der Waals surface area contributed by atoms with Gasteiger partial charge in [-0.25, -0.2) is 14.3 Å². The van der Waals surface area contributed by atoms with Gasteiger partial charge in [0.05, 0.1) is 18.5 Å². The van der Waals surface area contributed by atoms with E-state index in [1.54, 1.807) is 16.6 Å². The summed E-state index contributed by atoms with van der Waals surface area (Å²) in [4.78, 5) is 39.9. The van der Waals surface area contributed by atoms with E-state index in [0.29, 0.717) is 12.2 Å². The van der Waals surface area contributed by atoms with E-state index >= 15 is 0 Å². The van der Waals surface area contributed by atoms with Crippen molar-refractivity contribution < 1.29 is 23.5 Å². The van der Waals surface area contributed by atoms with Crippen LogP contribution in [0, 0.1) is 20.8 Å². The Kier molecular flexibility index (Phi) is 6.45. The third-order valence-electron chi connectivity index (χ3n) is 4.49. The molecule has 30 heavy (non-hydrogen) atoms. The summed E-state index contributed by atoms with van der Waals surface area (Å²) in [5, 5.41) is 8.94. The zero-order chi connectivity index (χ0) is 21.7. The van der Waals surface area contributed by atoms with E-state index in [1.165, 1.54) is 6.26 Å². The molecule has 0 aliphatic rings. The van der Waals surface area contributed by atoms with E-state index in [-0.39, 0.29) is 13.0 Å². The third kappa shape index (κ3) is 5.22. The van der Waals surface area contributed by atoms with Gasteiger partial charge in [-0.3, -0.25) is 14.9 Å². The molecule has 3 aromatic heterocycles. The van der Waals surface area contributed by atoms with E-state index in [2.05, 4.69) is 20.7 Å². The van der Waals surface area contributed by atoms with E-state index in [9.17, 15) is 14.4 Å². The van der Waals surface area contributed by atoms with E-state index in [0.717, 1.165) is 28.3 Å². The molecule has 0 saturated heterocycles. The Balaban J connectivity index is 1.44. The summed E-state index contributed by atoms with van der Waals surface area (Å²) in [6.07, 6.45) is 1.96. The molecule has 0 spiro atoms. The Morgan fingerprint density at radius 3 is 2.77 bits per heavy atom. The number of fused-ring (bicyclic) bond motifs is 1. The molecule has 0 aromatic carbocycles. The fraction of sp³-hybridized carbons (Fsp3) is 0.350. The fourth-order valence-electron chi connectivity index (χ4n) is 3.04. The minimum absolute atomic E-state index is 0.0765. The number of amides is 3. The maximum atomic E-state index is 12.0. The van der Waals surface area contributed by atoms with E-state index in [4.69, 9.17) is 9.15 Å². The molecule has 0 saturated carbocycles. The van der Waals surface area contributed by atoms with Crippen LogP contribution in [0.2, 0.25) is 0 Å². The number of nitrogens with one attached hydrogen (secondary N) is 2. The van der Waals surface area contributed by atoms with Crippen molar-refractivity contribution in [2.75, 3.05) is 6.61 Å². The van der Waals surface area contributed by atoms with Gasteiger partial charge in [0.1, 0.15) is 5.76 Å². The lowest BCUT2D eigenvalue weighted by Gasteiger charge is -2.11. The lowest BCUT2D eigenvalue weighted by molar-refractivity contribution is -0.148. The second-order valence-electron chi connectivity index (χ2n) is 6.79. The van der Waals surface area contributed by atoms with Gasteiger partial charge in [0.2, 0.25) is 0 Å². The van der Waals surface area contributed by atoms with Crippen molar-refractivity contribution in [1.29, 1.82) is 0 Å². The number of ether oxygens (including phenoxy) is 1. The highest BCUT2D eigenvalue weighted by atomic mass is 16.5. The Labute approximate surface area is 172 Å². The summed E-state index contributed by atoms with van der Waals surface area (Å²) in [6.45, 7) is 5.29. The molecular formula is C20H23N5O5. The smallest absolute Gasteiger partial charge is 0.321 e. The zero-order valence-electron chi connectivity index (χ0n) is 17.0. The number of carbonyl (C=O) groups excluding carboxylic acids is 3. The molecule has 0 bridgehead atoms. The van der Waals surface area contributed by atoms with Crippen LogP contribution in [-0.4, -0.2) is 39.1 Å². The first-order chi connectivity index (χ1) is 14.3. The highest BCUT2D eigenvalue weighted by Crippen LogP contribution is 2.17. The Bertz CT molecular complexity index is 1070. The number of urea groups is 1. The topological polar surface area (TPSA) is 128 Å². The molecule has 0 fully saturated rings. The molecule has 3 heterocycles. The van der Waals surface area contributed by atoms with Crippen LogP contribution in [0.4, 0.5) is 4.79 Å². The average molecular weight is 413 g/mol. The second-order valence-corrected chi connectivity index (χ2v) is 6.79. The van der Waals surface area contributed by atoms with Crippen molar-refractivity contribution in [3.63, 3.8) is 0 Å². The number of imide groups is 1. The number of carbonyl (C=O) groups is 3. The van der Waals surface area contributed by atoms with Crippen LogP contribution in [0.15, 0.2) is 28.9 Å². The number of hydrogen-bond donors (Lipinski definition) is 2. The summed E-state index contributed by atoms with van der Waals surface area (Å²) >= 11 is 0. The summed E-state index contributed by atoms with van der Waals surface area (Å²) in [7, 11) is 0. The van der Waals surface area contributed by atoms with Crippen molar-refractivity contribution >= 4 is 23.6 Å². The van der Waals surface area contributed by atoms with Gasteiger partial charge >= 0.3 is 12.0 Å². The van der Waals surface area contributed by atoms with Crippen molar-refractivity contribution in [3.8, 4) is 0 Å². The molecule has 0 aliphatic carbocycles. The Hall–Kier alpha value is -3.69. The van der Waals surface area contributed by atoms with Gasteiger partial charge in [-0.2, -0.15) is 5.10 Å². The number of aromatic nitrogens is 3. The fourth-order valence-corrected chi connectivity index (χ4v) is 3.04. The summed E-state index contributed by atoms with van der Waals surface area (Å²) in [6, 6.07) is 4.56. The number of furan rings is 1. The number of nitrogens with zero attached hydrogens (tertiary/aromatic N) is 3. The second kappa shape index (κ2) is 9.21. The summed E-state index contributed by atoms with van der Waals surface area (Å²) in [5.74, 6) is -0.716. The van der Waals surface area contributed by atoms with Gasteiger partial charge in [-0.15, -0.1) is 0 Å². The van der Waals surface area contributed by atoms with Gasteiger partial charge in [-0.05, 0) is 44.9 Å². The molecule has 0 radical (unpaired) electrons. The largest absolute Gasteiger partial charge is 0.467 e. The lowest BCUT2D eigenvalue weighted by Crippen LogP contribution is -2.41. The van der Waals surface area contributed by atoms with Gasteiger partial charge in [0.25, 0.3) is 5.91 Å². The van der Waals surface area contributed by atoms with Crippen molar-refractivity contribution in [3.05, 3.63) is 52.9 Å². The van der Waals surface area contributed by atoms with E-state index in [1.807, 2.05) is 26.8 Å². The number of esters is 1. The molecule has 0 unspecified atom stereocenters. The SMILES string of the molecule is Cc1cc2nc(C)c(CCC(=O)OCC(=O)NC(=O)NCc3ccco3)c(C)n2n1. The first-order valence-corrected chi connectivity index (χ1v) is 9.41. The average Bonchev–Trinajstić information content (AvgIpc) is 3.33. The Morgan fingerprint density at radius 1 is 1.23 bits per heavy atom. The highest BCUT2D eigenvalue weighted by Gasteiger charge is 2.15. The zero-order valence-corrected chi connectivity index (χ0v) is 17.0. The normalized spacial score (nSPS) is 10.8. The van der Waals surface area contributed by atoms with Crippen molar-refractivity contribution in [2.24, 2.45) is 0 Å². The third-order valence-corrected chi connectivity index (χ3v) is 4.49. The predicted octanol–water partition coefficient (Wildman–Crippen LogP) is 1.75. The van der Waals surface area contributed by atoms with Crippen LogP contribution in [0.1, 0.15) is 34.8 Å². The molecule has 3 amide bonds. The molecule has 3 aromatic rings. The monoisotopic (exact) mass is 413 g/mol. The quantitative estimate of drug-likeness (QED) is 0.565. The molecule has 3 rings (SSSR count). The molecule has 2 N–H and O–H groups in total. The summed E-state index contributed by atoms with van der Waals surface area (Å²) < 4.78 is 11.8. The van der Waals surface area contributed by atoms with Crippen LogP contribution in [-0.2, 0) is 27.3 Å². The van der Waals surface area contributed by atoms with Crippen molar-refractivity contribution in [2.45, 2.75) is 40.2 Å². The number of aryl methyl sites for hydroxylation is 3. The van der Waals surface area contributed by atoms with Gasteiger partial charge in [0.15, 0.2) is 12.3 Å². The molecule has 158 valence electrons. The number of hydrogen-bond acceptors (Lipinski definition) is 7. The molecule has 0 aliphatic heterocycles. The number of rotatable bonds is 7. The first-order valence-electron chi connectivity index (χ1n) is 9.41. The van der Waals surface area contributed by atoms with E-state index < -0.39 is 24.5 Å². The van der Waals surface area contributed by atoms with Crippen LogP contribution < -0.4 is 10.6 Å². The standard InChI is InChI=1S/C20H23N5O5/c1-12-9-17-22-13(2)16(14(3)25(17)24-12)6-7-19(27)30-11-18(26)23-20(28)21-10-15-5-4-8-29-15/h4-5,8-9H,6-7,10-11H2,1-3H3,(H2,21,23,26,28).